The molecular formula is C15H17ClN4O2S. The summed E-state index contributed by atoms with van der Waals surface area (Å²) >= 11 is 5.86. The van der Waals surface area contributed by atoms with E-state index < -0.39 is 9.84 Å². The lowest BCUT2D eigenvalue weighted by atomic mass is 10.2. The normalized spacial score (nSPS) is 19.4. The molecule has 8 heteroatoms. The van der Waals surface area contributed by atoms with Gasteiger partial charge in [-0.2, -0.15) is 4.98 Å². The summed E-state index contributed by atoms with van der Waals surface area (Å²) in [6, 6.07) is 9.22. The third-order valence-corrected chi connectivity index (χ3v) is 5.63. The molecule has 122 valence electrons. The third-order valence-electron chi connectivity index (χ3n) is 3.61. The fourth-order valence-electron chi connectivity index (χ4n) is 2.41. The van der Waals surface area contributed by atoms with E-state index in [1.165, 1.54) is 0 Å². The quantitative estimate of drug-likeness (QED) is 0.859. The highest BCUT2D eigenvalue weighted by Gasteiger charge is 2.28. The lowest BCUT2D eigenvalue weighted by molar-refractivity contribution is 0.602. The van der Waals surface area contributed by atoms with Gasteiger partial charge in [-0.05, 0) is 30.2 Å². The van der Waals surface area contributed by atoms with Crippen molar-refractivity contribution in [3.8, 4) is 0 Å². The highest BCUT2D eigenvalue weighted by molar-refractivity contribution is 7.91. The van der Waals surface area contributed by atoms with Crippen molar-refractivity contribution in [1.82, 2.24) is 9.97 Å². The maximum atomic E-state index is 11.5. The van der Waals surface area contributed by atoms with E-state index in [0.717, 1.165) is 5.56 Å². The number of hydrogen-bond donors (Lipinski definition) is 2. The molecule has 1 aliphatic heterocycles. The van der Waals surface area contributed by atoms with Crippen LogP contribution in [0, 0.1) is 0 Å². The number of benzene rings is 1. The molecule has 0 radical (unpaired) electrons. The molecule has 3 rings (SSSR count). The van der Waals surface area contributed by atoms with E-state index >= 15 is 0 Å². The van der Waals surface area contributed by atoms with Crippen molar-refractivity contribution in [2.24, 2.45) is 0 Å². The van der Waals surface area contributed by atoms with Crippen molar-refractivity contribution >= 4 is 33.2 Å². The summed E-state index contributed by atoms with van der Waals surface area (Å²) in [6.45, 7) is 0.616. The standard InChI is InChI=1S/C15H17ClN4O2S/c16-12-3-1-11(2-4-12)9-18-14-5-7-17-15(20-14)19-13-6-8-23(21,22)10-13/h1-5,7,13H,6,8-10H2,(H2,17,18,19,20). The topological polar surface area (TPSA) is 84.0 Å². The van der Waals surface area contributed by atoms with E-state index in [1.54, 1.807) is 12.3 Å². The van der Waals surface area contributed by atoms with Gasteiger partial charge in [0.05, 0.1) is 11.5 Å². The average molecular weight is 353 g/mol. The molecule has 1 fully saturated rings. The predicted octanol–water partition coefficient (Wildman–Crippen LogP) is 2.34. The van der Waals surface area contributed by atoms with Crippen LogP contribution in [-0.4, -0.2) is 35.9 Å². The second-order valence-corrected chi connectivity index (χ2v) is 8.15. The van der Waals surface area contributed by atoms with Crippen LogP contribution in [0.25, 0.3) is 0 Å². The minimum absolute atomic E-state index is 0.119. The molecule has 23 heavy (non-hydrogen) atoms. The first kappa shape index (κ1) is 16.0. The molecular weight excluding hydrogens is 336 g/mol. The van der Waals surface area contributed by atoms with Gasteiger partial charge in [-0.1, -0.05) is 23.7 Å². The Morgan fingerprint density at radius 1 is 1.22 bits per heavy atom. The van der Waals surface area contributed by atoms with Crippen LogP contribution in [0.3, 0.4) is 0 Å². The highest BCUT2D eigenvalue weighted by atomic mass is 35.5. The Kier molecular flexibility index (Phi) is 4.68. The van der Waals surface area contributed by atoms with E-state index in [4.69, 9.17) is 11.6 Å². The SMILES string of the molecule is O=S1(=O)CCC(Nc2nccc(NCc3ccc(Cl)cc3)n2)C1. The molecule has 1 atom stereocenters. The lowest BCUT2D eigenvalue weighted by Gasteiger charge is -2.12. The molecule has 0 bridgehead atoms. The van der Waals surface area contributed by atoms with Gasteiger partial charge in [0.2, 0.25) is 5.95 Å². The van der Waals surface area contributed by atoms with Crippen LogP contribution in [0.15, 0.2) is 36.5 Å². The third kappa shape index (κ3) is 4.56. The lowest BCUT2D eigenvalue weighted by Crippen LogP contribution is -2.22. The van der Waals surface area contributed by atoms with Crippen LogP contribution in [0.1, 0.15) is 12.0 Å². The van der Waals surface area contributed by atoms with Crippen LogP contribution in [-0.2, 0) is 16.4 Å². The van der Waals surface area contributed by atoms with Crippen LogP contribution < -0.4 is 10.6 Å². The molecule has 0 aliphatic carbocycles. The van der Waals surface area contributed by atoms with Crippen molar-refractivity contribution in [1.29, 1.82) is 0 Å². The average Bonchev–Trinajstić information content (AvgIpc) is 2.86. The molecule has 0 saturated carbocycles. The number of rotatable bonds is 5. The largest absolute Gasteiger partial charge is 0.366 e. The monoisotopic (exact) mass is 352 g/mol. The van der Waals surface area contributed by atoms with Crippen LogP contribution in [0.5, 0.6) is 0 Å². The fraction of sp³-hybridized carbons (Fsp3) is 0.333. The summed E-state index contributed by atoms with van der Waals surface area (Å²) in [5.41, 5.74) is 1.09. The van der Waals surface area contributed by atoms with E-state index in [-0.39, 0.29) is 17.5 Å². The minimum atomic E-state index is -2.92. The van der Waals surface area contributed by atoms with Crippen LogP contribution >= 0.6 is 11.6 Å². The first-order valence-corrected chi connectivity index (χ1v) is 9.48. The van der Waals surface area contributed by atoms with Crippen molar-refractivity contribution in [2.45, 2.75) is 19.0 Å². The number of hydrogen-bond acceptors (Lipinski definition) is 6. The van der Waals surface area contributed by atoms with Gasteiger partial charge in [-0.3, -0.25) is 0 Å². The smallest absolute Gasteiger partial charge is 0.224 e. The summed E-state index contributed by atoms with van der Waals surface area (Å²) in [4.78, 5) is 8.51. The molecule has 1 aliphatic rings. The summed E-state index contributed by atoms with van der Waals surface area (Å²) in [6.07, 6.45) is 2.23. The Balaban J connectivity index is 1.60. The van der Waals surface area contributed by atoms with E-state index in [9.17, 15) is 8.42 Å². The van der Waals surface area contributed by atoms with Gasteiger partial charge >= 0.3 is 0 Å². The Bertz CT molecular complexity index is 780. The minimum Gasteiger partial charge on any atom is -0.366 e. The second kappa shape index (κ2) is 6.72. The first-order chi connectivity index (χ1) is 11.0. The number of sulfone groups is 1. The molecule has 0 spiro atoms. The summed E-state index contributed by atoms with van der Waals surface area (Å²) in [5, 5.41) is 7.00. The molecule has 6 nitrogen and oxygen atoms in total. The molecule has 2 N–H and O–H groups in total. The molecule has 1 unspecified atom stereocenters. The molecule has 1 saturated heterocycles. The maximum Gasteiger partial charge on any atom is 0.224 e. The Morgan fingerprint density at radius 2 is 2.00 bits per heavy atom. The van der Waals surface area contributed by atoms with E-state index in [2.05, 4.69) is 20.6 Å². The van der Waals surface area contributed by atoms with Gasteiger partial charge in [-0.15, -0.1) is 0 Å². The van der Waals surface area contributed by atoms with Crippen molar-refractivity contribution in [2.75, 3.05) is 22.1 Å². The van der Waals surface area contributed by atoms with Gasteiger partial charge in [-0.25, -0.2) is 13.4 Å². The van der Waals surface area contributed by atoms with Crippen molar-refractivity contribution in [3.63, 3.8) is 0 Å². The zero-order valence-corrected chi connectivity index (χ0v) is 13.9. The first-order valence-electron chi connectivity index (χ1n) is 7.28. The van der Waals surface area contributed by atoms with Gasteiger partial charge in [0.15, 0.2) is 9.84 Å². The Hall–Kier alpha value is -1.86. The van der Waals surface area contributed by atoms with Gasteiger partial charge in [0, 0.05) is 23.8 Å². The summed E-state index contributed by atoms with van der Waals surface area (Å²) < 4.78 is 23.0. The van der Waals surface area contributed by atoms with Gasteiger partial charge < -0.3 is 10.6 Å². The van der Waals surface area contributed by atoms with Crippen molar-refractivity contribution in [3.05, 3.63) is 47.1 Å². The highest BCUT2D eigenvalue weighted by Crippen LogP contribution is 2.16. The molecule has 2 heterocycles. The summed E-state index contributed by atoms with van der Waals surface area (Å²) in [7, 11) is -2.92. The molecule has 1 aromatic carbocycles. The number of nitrogens with zero attached hydrogens (tertiary/aromatic N) is 2. The van der Waals surface area contributed by atoms with Gasteiger partial charge in [0.1, 0.15) is 5.82 Å². The molecule has 1 aromatic heterocycles. The second-order valence-electron chi connectivity index (χ2n) is 5.49. The van der Waals surface area contributed by atoms with Crippen molar-refractivity contribution < 1.29 is 8.42 Å². The number of halogens is 1. The number of aromatic nitrogens is 2. The number of anilines is 2. The van der Waals surface area contributed by atoms with E-state index in [1.807, 2.05) is 24.3 Å². The Labute approximate surface area is 140 Å². The molecule has 2 aromatic rings. The maximum absolute atomic E-state index is 11.5. The zero-order valence-electron chi connectivity index (χ0n) is 12.4. The number of nitrogens with one attached hydrogen (secondary N) is 2. The molecule has 0 amide bonds. The van der Waals surface area contributed by atoms with Crippen LogP contribution in [0.2, 0.25) is 5.02 Å². The fourth-order valence-corrected chi connectivity index (χ4v) is 4.21. The Morgan fingerprint density at radius 3 is 2.70 bits per heavy atom. The predicted molar refractivity (Wildman–Crippen MR) is 91.5 cm³/mol. The summed E-state index contributed by atoms with van der Waals surface area (Å²) in [5.74, 6) is 1.48. The van der Waals surface area contributed by atoms with Gasteiger partial charge in [0.25, 0.3) is 0 Å². The van der Waals surface area contributed by atoms with Crippen LogP contribution in [0.4, 0.5) is 11.8 Å². The van der Waals surface area contributed by atoms with E-state index in [0.29, 0.717) is 29.8 Å². The zero-order chi connectivity index (χ0) is 16.3.